The zero-order chi connectivity index (χ0) is 17.3. The first kappa shape index (κ1) is 17.2. The predicted molar refractivity (Wildman–Crippen MR) is 94.4 cm³/mol. The molecular formula is C18H16BrClFNO2. The van der Waals surface area contributed by atoms with Gasteiger partial charge < -0.3 is 9.64 Å². The number of benzene rings is 2. The van der Waals surface area contributed by atoms with Gasteiger partial charge in [0.15, 0.2) is 0 Å². The lowest BCUT2D eigenvalue weighted by atomic mass is 9.94. The Hall–Kier alpha value is -1.59. The fourth-order valence-electron chi connectivity index (χ4n) is 2.84. The van der Waals surface area contributed by atoms with Crippen LogP contribution in [0.1, 0.15) is 23.6 Å². The maximum Gasteiger partial charge on any atom is 0.410 e. The van der Waals surface area contributed by atoms with Crippen molar-refractivity contribution in [2.24, 2.45) is 0 Å². The van der Waals surface area contributed by atoms with Crippen molar-refractivity contribution in [2.75, 3.05) is 0 Å². The van der Waals surface area contributed by atoms with Crippen LogP contribution in [0.25, 0.3) is 0 Å². The molecule has 0 bridgehead atoms. The van der Waals surface area contributed by atoms with Crippen LogP contribution in [0.3, 0.4) is 0 Å². The van der Waals surface area contributed by atoms with Crippen LogP contribution in [-0.2, 0) is 24.3 Å². The largest absolute Gasteiger partial charge is 0.445 e. The molecular weight excluding hydrogens is 397 g/mol. The van der Waals surface area contributed by atoms with Crippen LogP contribution in [0.2, 0.25) is 5.02 Å². The van der Waals surface area contributed by atoms with Crippen molar-refractivity contribution in [2.45, 2.75) is 32.5 Å². The highest BCUT2D eigenvalue weighted by atomic mass is 79.9. The molecule has 3 nitrogen and oxygen atoms in total. The van der Waals surface area contributed by atoms with Gasteiger partial charge in [-0.2, -0.15) is 0 Å². The van der Waals surface area contributed by atoms with Gasteiger partial charge in [0.05, 0.1) is 11.6 Å². The fourth-order valence-corrected chi connectivity index (χ4v) is 3.53. The molecule has 0 radical (unpaired) electrons. The highest BCUT2D eigenvalue weighted by Gasteiger charge is 2.31. The third kappa shape index (κ3) is 3.42. The second kappa shape index (κ2) is 7.11. The zero-order valence-electron chi connectivity index (χ0n) is 13.1. The maximum absolute atomic E-state index is 14.3. The molecule has 1 aliphatic rings. The Kier molecular flexibility index (Phi) is 5.11. The van der Waals surface area contributed by atoms with Gasteiger partial charge in [-0.15, -0.1) is 0 Å². The first-order valence-corrected chi connectivity index (χ1v) is 8.77. The molecule has 0 spiro atoms. The number of fused-ring (bicyclic) bond motifs is 1. The smallest absolute Gasteiger partial charge is 0.410 e. The summed E-state index contributed by atoms with van der Waals surface area (Å²) < 4.78 is 20.2. The average Bonchev–Trinajstić information content (AvgIpc) is 2.58. The van der Waals surface area contributed by atoms with E-state index >= 15 is 0 Å². The van der Waals surface area contributed by atoms with Crippen molar-refractivity contribution in [3.05, 3.63) is 68.4 Å². The van der Waals surface area contributed by atoms with Crippen LogP contribution >= 0.6 is 27.5 Å². The lowest BCUT2D eigenvalue weighted by Crippen LogP contribution is -2.43. The number of carbonyl (C=O) groups is 1. The molecule has 1 aliphatic heterocycles. The third-order valence-corrected chi connectivity index (χ3v) is 5.47. The van der Waals surface area contributed by atoms with Crippen molar-refractivity contribution in [1.82, 2.24) is 4.90 Å². The number of halogens is 3. The van der Waals surface area contributed by atoms with E-state index in [2.05, 4.69) is 15.9 Å². The van der Waals surface area contributed by atoms with E-state index in [0.29, 0.717) is 21.5 Å². The van der Waals surface area contributed by atoms with E-state index in [1.54, 1.807) is 4.90 Å². The molecule has 24 heavy (non-hydrogen) atoms. The van der Waals surface area contributed by atoms with Gasteiger partial charge in [0.1, 0.15) is 12.4 Å². The van der Waals surface area contributed by atoms with E-state index in [1.807, 2.05) is 37.3 Å². The Balaban J connectivity index is 1.76. The van der Waals surface area contributed by atoms with E-state index in [1.165, 1.54) is 6.07 Å². The molecule has 1 unspecified atom stereocenters. The molecule has 1 amide bonds. The van der Waals surface area contributed by atoms with Crippen LogP contribution in [0.5, 0.6) is 0 Å². The van der Waals surface area contributed by atoms with Crippen molar-refractivity contribution in [3.63, 3.8) is 0 Å². The molecule has 126 valence electrons. The minimum atomic E-state index is -0.449. The highest BCUT2D eigenvalue weighted by molar-refractivity contribution is 9.10. The summed E-state index contributed by atoms with van der Waals surface area (Å²) >= 11 is 9.53. The molecule has 0 fully saturated rings. The molecule has 2 aromatic rings. The summed E-state index contributed by atoms with van der Waals surface area (Å²) in [5.41, 5.74) is 2.12. The van der Waals surface area contributed by atoms with Crippen molar-refractivity contribution < 1.29 is 13.9 Å². The number of hydrogen-bond acceptors (Lipinski definition) is 2. The van der Waals surface area contributed by atoms with Gasteiger partial charge in [-0.05, 0) is 46.5 Å². The molecule has 0 saturated carbocycles. The van der Waals surface area contributed by atoms with Crippen LogP contribution in [-0.4, -0.2) is 17.0 Å². The predicted octanol–water partition coefficient (Wildman–Crippen LogP) is 5.33. The molecule has 1 atom stereocenters. The molecule has 0 N–H and O–H groups in total. The Morgan fingerprint density at radius 2 is 2.08 bits per heavy atom. The van der Waals surface area contributed by atoms with Crippen LogP contribution < -0.4 is 0 Å². The molecule has 0 aliphatic carbocycles. The zero-order valence-corrected chi connectivity index (χ0v) is 15.4. The van der Waals surface area contributed by atoms with Gasteiger partial charge in [-0.1, -0.05) is 41.9 Å². The Morgan fingerprint density at radius 1 is 1.38 bits per heavy atom. The van der Waals surface area contributed by atoms with E-state index in [-0.39, 0.29) is 25.0 Å². The second-order valence-electron chi connectivity index (χ2n) is 5.83. The highest BCUT2D eigenvalue weighted by Crippen LogP contribution is 2.36. The van der Waals surface area contributed by atoms with Crippen molar-refractivity contribution in [1.29, 1.82) is 0 Å². The summed E-state index contributed by atoms with van der Waals surface area (Å²) in [6, 6.07) is 10.7. The number of ether oxygens (including phenoxy) is 1. The standard InChI is InChI=1S/C18H16BrClFNO2/c1-11-7-13-14(16(21)8-15(19)17(13)20)9-22(11)18(23)24-10-12-5-3-2-4-6-12/h2-6,8,11H,7,9-10H2,1H3. The van der Waals surface area contributed by atoms with Gasteiger partial charge in [-0.3, -0.25) is 0 Å². The normalized spacial score (nSPS) is 16.7. The quantitative estimate of drug-likeness (QED) is 0.624. The number of nitrogens with zero attached hydrogens (tertiary/aromatic N) is 1. The Labute approximate surface area is 153 Å². The summed E-state index contributed by atoms with van der Waals surface area (Å²) in [6.07, 6.45) is 0.0424. The fraction of sp³-hybridized carbons (Fsp3) is 0.278. The SMILES string of the molecule is CC1Cc2c(Cl)c(Br)cc(F)c2CN1C(=O)OCc1ccccc1. The topological polar surface area (TPSA) is 29.5 Å². The number of amides is 1. The van der Waals surface area contributed by atoms with Gasteiger partial charge in [0.25, 0.3) is 0 Å². The van der Waals surface area contributed by atoms with E-state index in [0.717, 1.165) is 11.1 Å². The van der Waals surface area contributed by atoms with Gasteiger partial charge in [-0.25, -0.2) is 9.18 Å². The number of carbonyl (C=O) groups excluding carboxylic acids is 1. The number of hydrogen-bond donors (Lipinski definition) is 0. The van der Waals surface area contributed by atoms with Gasteiger partial charge in [0.2, 0.25) is 0 Å². The minimum Gasteiger partial charge on any atom is -0.445 e. The molecule has 2 aromatic carbocycles. The lowest BCUT2D eigenvalue weighted by Gasteiger charge is -2.34. The van der Waals surface area contributed by atoms with Gasteiger partial charge in [0, 0.05) is 16.1 Å². The Morgan fingerprint density at radius 3 is 2.79 bits per heavy atom. The summed E-state index contributed by atoms with van der Waals surface area (Å²) in [6.45, 7) is 2.25. The second-order valence-corrected chi connectivity index (χ2v) is 7.06. The minimum absolute atomic E-state index is 0.119. The third-order valence-electron chi connectivity index (χ3n) is 4.18. The molecule has 1 heterocycles. The molecule has 0 saturated heterocycles. The molecule has 0 aromatic heterocycles. The summed E-state index contributed by atoms with van der Waals surface area (Å²) in [4.78, 5) is 13.9. The molecule has 3 rings (SSSR count). The maximum atomic E-state index is 14.3. The van der Waals surface area contributed by atoms with Crippen molar-refractivity contribution in [3.8, 4) is 0 Å². The van der Waals surface area contributed by atoms with E-state index in [9.17, 15) is 9.18 Å². The van der Waals surface area contributed by atoms with Crippen molar-refractivity contribution >= 4 is 33.6 Å². The van der Waals surface area contributed by atoms with Crippen LogP contribution in [0, 0.1) is 5.82 Å². The average molecular weight is 413 g/mol. The molecule has 6 heteroatoms. The lowest BCUT2D eigenvalue weighted by molar-refractivity contribution is 0.0760. The van der Waals surface area contributed by atoms with E-state index in [4.69, 9.17) is 16.3 Å². The van der Waals surface area contributed by atoms with Gasteiger partial charge >= 0.3 is 6.09 Å². The monoisotopic (exact) mass is 411 g/mol. The summed E-state index contributed by atoms with van der Waals surface area (Å²) in [7, 11) is 0. The van der Waals surface area contributed by atoms with E-state index < -0.39 is 6.09 Å². The first-order valence-electron chi connectivity index (χ1n) is 7.60. The Bertz CT molecular complexity index is 769. The summed E-state index contributed by atoms with van der Waals surface area (Å²) in [5.74, 6) is -0.367. The summed E-state index contributed by atoms with van der Waals surface area (Å²) in [5, 5.41) is 0.510. The first-order chi connectivity index (χ1) is 11.5. The van der Waals surface area contributed by atoms with Crippen LogP contribution in [0.4, 0.5) is 9.18 Å². The number of rotatable bonds is 2. The van der Waals surface area contributed by atoms with Crippen LogP contribution in [0.15, 0.2) is 40.9 Å².